The molecule has 0 radical (unpaired) electrons. The largest absolute Gasteiger partial charge is 0.507 e. The van der Waals surface area contributed by atoms with Gasteiger partial charge in [-0.1, -0.05) is 63.9 Å². The van der Waals surface area contributed by atoms with Crippen LogP contribution in [0.5, 0.6) is 0 Å². The molecule has 7 heteroatoms. The number of benzene rings is 3. The number of aliphatic hydroxyl groups excluding tert-OH is 1. The summed E-state index contributed by atoms with van der Waals surface area (Å²) in [5.41, 5.74) is 0.569. The van der Waals surface area contributed by atoms with E-state index in [9.17, 15) is 19.1 Å². The molecule has 1 fully saturated rings. The van der Waals surface area contributed by atoms with Gasteiger partial charge in [0.2, 0.25) is 0 Å². The highest BCUT2D eigenvalue weighted by atomic mass is 79.9. The number of ketones is 1. The molecule has 3 aromatic rings. The highest BCUT2D eigenvalue weighted by Crippen LogP contribution is 2.43. The van der Waals surface area contributed by atoms with Gasteiger partial charge in [-0.3, -0.25) is 14.5 Å². The molecular weight excluding hydrogens is 473 g/mol. The second-order valence-corrected chi connectivity index (χ2v) is 8.03. The van der Waals surface area contributed by atoms with Gasteiger partial charge in [0.15, 0.2) is 0 Å². The number of hydrogen-bond acceptors (Lipinski definition) is 3. The van der Waals surface area contributed by atoms with E-state index in [2.05, 4.69) is 15.9 Å². The van der Waals surface area contributed by atoms with Crippen molar-refractivity contribution in [1.82, 2.24) is 0 Å². The number of rotatable bonds is 3. The highest BCUT2D eigenvalue weighted by molar-refractivity contribution is 9.10. The van der Waals surface area contributed by atoms with Gasteiger partial charge in [-0.15, -0.1) is 0 Å². The first-order valence-corrected chi connectivity index (χ1v) is 10.1. The summed E-state index contributed by atoms with van der Waals surface area (Å²) >= 11 is 9.39. The molecule has 3 aromatic carbocycles. The lowest BCUT2D eigenvalue weighted by molar-refractivity contribution is -0.132. The Bertz CT molecular complexity index is 1190. The third-order valence-electron chi connectivity index (χ3n) is 4.85. The molecule has 1 N–H and O–H groups in total. The maximum Gasteiger partial charge on any atom is 0.300 e. The van der Waals surface area contributed by atoms with Crippen molar-refractivity contribution in [2.75, 3.05) is 4.90 Å². The first-order valence-electron chi connectivity index (χ1n) is 8.95. The first-order chi connectivity index (χ1) is 14.4. The molecular formula is C23H14BrClFNO3. The summed E-state index contributed by atoms with van der Waals surface area (Å²) in [5.74, 6) is -2.75. The van der Waals surface area contributed by atoms with Crippen molar-refractivity contribution in [2.45, 2.75) is 6.04 Å². The van der Waals surface area contributed by atoms with Gasteiger partial charge >= 0.3 is 0 Å². The summed E-state index contributed by atoms with van der Waals surface area (Å²) < 4.78 is 15.6. The zero-order valence-electron chi connectivity index (χ0n) is 15.4. The fourth-order valence-corrected chi connectivity index (χ4v) is 3.93. The number of carbonyl (C=O) groups is 2. The summed E-state index contributed by atoms with van der Waals surface area (Å²) in [7, 11) is 0. The fourth-order valence-electron chi connectivity index (χ4n) is 3.48. The van der Waals surface area contributed by atoms with E-state index in [-0.39, 0.29) is 16.9 Å². The summed E-state index contributed by atoms with van der Waals surface area (Å²) in [6.45, 7) is 0. The van der Waals surface area contributed by atoms with Crippen molar-refractivity contribution in [1.29, 1.82) is 0 Å². The molecule has 1 saturated heterocycles. The molecule has 4 rings (SSSR count). The summed E-state index contributed by atoms with van der Waals surface area (Å²) in [6, 6.07) is 17.7. The Morgan fingerprint density at radius 3 is 2.37 bits per heavy atom. The smallest absolute Gasteiger partial charge is 0.300 e. The Balaban J connectivity index is 1.98. The lowest BCUT2D eigenvalue weighted by Crippen LogP contribution is -2.29. The molecule has 0 aromatic heterocycles. The number of anilines is 1. The van der Waals surface area contributed by atoms with Crippen molar-refractivity contribution >= 4 is 50.7 Å². The van der Waals surface area contributed by atoms with Crippen molar-refractivity contribution in [3.63, 3.8) is 0 Å². The topological polar surface area (TPSA) is 57.6 Å². The Morgan fingerprint density at radius 2 is 1.70 bits per heavy atom. The number of aliphatic hydroxyl groups is 1. The van der Waals surface area contributed by atoms with Gasteiger partial charge < -0.3 is 5.11 Å². The molecule has 0 aliphatic carbocycles. The van der Waals surface area contributed by atoms with Gasteiger partial charge in [0.05, 0.1) is 11.6 Å². The minimum Gasteiger partial charge on any atom is -0.507 e. The van der Waals surface area contributed by atoms with E-state index < -0.39 is 23.5 Å². The first kappa shape index (κ1) is 20.3. The van der Waals surface area contributed by atoms with Crippen molar-refractivity contribution in [3.05, 3.63) is 105 Å². The highest BCUT2D eigenvalue weighted by Gasteiger charge is 2.47. The Kier molecular flexibility index (Phi) is 5.45. The van der Waals surface area contributed by atoms with Crippen LogP contribution < -0.4 is 4.90 Å². The quantitative estimate of drug-likeness (QED) is 0.286. The van der Waals surface area contributed by atoms with E-state index in [4.69, 9.17) is 11.6 Å². The second-order valence-electron chi connectivity index (χ2n) is 6.68. The van der Waals surface area contributed by atoms with Crippen molar-refractivity contribution in [2.24, 2.45) is 0 Å². The Morgan fingerprint density at radius 1 is 1.00 bits per heavy atom. The number of amides is 1. The van der Waals surface area contributed by atoms with Crippen LogP contribution in [0.25, 0.3) is 5.76 Å². The number of hydrogen-bond donors (Lipinski definition) is 1. The molecule has 1 atom stereocenters. The molecule has 1 aliphatic rings. The molecule has 30 heavy (non-hydrogen) atoms. The SMILES string of the molecule is O=C1C(=O)N(c2cccc(Cl)c2)C(c2ccccc2F)/C1=C(\O)c1ccc(Br)cc1. The molecule has 0 bridgehead atoms. The van der Waals surface area contributed by atoms with Crippen LogP contribution in [0.3, 0.4) is 0 Å². The maximum absolute atomic E-state index is 14.8. The van der Waals surface area contributed by atoms with Crippen LogP contribution in [-0.4, -0.2) is 16.8 Å². The van der Waals surface area contributed by atoms with E-state index in [0.29, 0.717) is 16.3 Å². The van der Waals surface area contributed by atoms with Crippen LogP contribution in [0.1, 0.15) is 17.2 Å². The summed E-state index contributed by atoms with van der Waals surface area (Å²) in [6.07, 6.45) is 0. The van der Waals surface area contributed by atoms with Crippen molar-refractivity contribution < 1.29 is 19.1 Å². The molecule has 0 saturated carbocycles. The van der Waals surface area contributed by atoms with Gasteiger partial charge in [-0.25, -0.2) is 4.39 Å². The third-order valence-corrected chi connectivity index (χ3v) is 5.61. The van der Waals surface area contributed by atoms with Gasteiger partial charge in [0.1, 0.15) is 11.6 Å². The van der Waals surface area contributed by atoms with Crippen LogP contribution in [0.2, 0.25) is 5.02 Å². The average molecular weight is 487 g/mol. The number of halogens is 3. The van der Waals surface area contributed by atoms with E-state index >= 15 is 0 Å². The minimum absolute atomic E-state index is 0.0929. The Labute approximate surface area is 185 Å². The average Bonchev–Trinajstić information content (AvgIpc) is 2.99. The van der Waals surface area contributed by atoms with Gasteiger partial charge in [0.25, 0.3) is 11.7 Å². The van der Waals surface area contributed by atoms with E-state index in [1.807, 2.05) is 0 Å². The van der Waals surface area contributed by atoms with Crippen molar-refractivity contribution in [3.8, 4) is 0 Å². The lowest BCUT2D eigenvalue weighted by Gasteiger charge is -2.25. The predicted octanol–water partition coefficient (Wildman–Crippen LogP) is 5.87. The zero-order valence-corrected chi connectivity index (χ0v) is 17.7. The normalized spacial score (nSPS) is 18.1. The van der Waals surface area contributed by atoms with Gasteiger partial charge in [-0.05, 0) is 36.4 Å². The van der Waals surface area contributed by atoms with Crippen LogP contribution in [0, 0.1) is 5.82 Å². The van der Waals surface area contributed by atoms with Gasteiger partial charge in [0, 0.05) is 26.3 Å². The monoisotopic (exact) mass is 485 g/mol. The Hall–Kier alpha value is -2.96. The molecule has 1 heterocycles. The van der Waals surface area contributed by atoms with Crippen LogP contribution in [-0.2, 0) is 9.59 Å². The third kappa shape index (κ3) is 3.53. The number of carbonyl (C=O) groups excluding carboxylic acids is 2. The summed E-state index contributed by atoms with van der Waals surface area (Å²) in [5, 5.41) is 11.3. The molecule has 1 amide bonds. The lowest BCUT2D eigenvalue weighted by atomic mass is 9.94. The molecule has 1 unspecified atom stereocenters. The molecule has 0 spiro atoms. The van der Waals surface area contributed by atoms with Crippen LogP contribution >= 0.6 is 27.5 Å². The molecule has 1 aliphatic heterocycles. The van der Waals surface area contributed by atoms with E-state index in [1.165, 1.54) is 24.3 Å². The minimum atomic E-state index is -1.15. The number of Topliss-reactive ketones (excluding diaryl/α,β-unsaturated/α-hetero) is 1. The van der Waals surface area contributed by atoms with Crippen LogP contribution in [0.4, 0.5) is 10.1 Å². The zero-order chi connectivity index (χ0) is 21.4. The summed E-state index contributed by atoms with van der Waals surface area (Å²) in [4.78, 5) is 27.1. The predicted molar refractivity (Wildman–Crippen MR) is 117 cm³/mol. The molecule has 150 valence electrons. The number of nitrogens with zero attached hydrogens (tertiary/aromatic N) is 1. The standard InChI is InChI=1S/C23H14BrClFNO3/c24-14-10-8-13(9-11-14)21(28)19-20(17-6-1-2-7-18(17)26)27(23(30)22(19)29)16-5-3-4-15(25)12-16/h1-12,20,28H/b21-19+. The second kappa shape index (κ2) is 8.05. The fraction of sp³-hybridized carbons (Fsp3) is 0.0435. The van der Waals surface area contributed by atoms with E-state index in [1.54, 1.807) is 48.5 Å². The molecule has 4 nitrogen and oxygen atoms in total. The maximum atomic E-state index is 14.8. The van der Waals surface area contributed by atoms with Crippen LogP contribution in [0.15, 0.2) is 82.8 Å². The van der Waals surface area contributed by atoms with E-state index in [0.717, 1.165) is 9.37 Å². The van der Waals surface area contributed by atoms with Gasteiger partial charge in [-0.2, -0.15) is 0 Å².